The highest BCUT2D eigenvalue weighted by Crippen LogP contribution is 2.23. The summed E-state index contributed by atoms with van der Waals surface area (Å²) in [5.41, 5.74) is 1.88. The van der Waals surface area contributed by atoms with E-state index in [9.17, 15) is 9.18 Å². The van der Waals surface area contributed by atoms with Gasteiger partial charge in [0.1, 0.15) is 29.6 Å². The van der Waals surface area contributed by atoms with Crippen LogP contribution >= 0.6 is 0 Å². The standard InChI is InChI=1S/C23H29FN2O4/c1-28-20-12-17(13-21(15-20)29-2)4-7-23(27)26-10-8-25(9-11-26)16-18-14-19(24)5-6-22(18)30-3/h5-6,12-15H,4,7-11,16H2,1-3H3/p+1. The number of hydrogen-bond donors (Lipinski definition) is 1. The molecule has 0 aliphatic carbocycles. The molecule has 0 unspecified atom stereocenters. The largest absolute Gasteiger partial charge is 0.497 e. The lowest BCUT2D eigenvalue weighted by Crippen LogP contribution is -3.13. The number of nitrogens with zero attached hydrogens (tertiary/aromatic N) is 1. The monoisotopic (exact) mass is 417 g/mol. The number of carbonyl (C=O) groups excluding carboxylic acids is 1. The maximum atomic E-state index is 13.6. The van der Waals surface area contributed by atoms with Gasteiger partial charge in [-0.25, -0.2) is 4.39 Å². The zero-order chi connectivity index (χ0) is 21.5. The Bertz CT molecular complexity index is 844. The number of carbonyl (C=O) groups is 1. The van der Waals surface area contributed by atoms with Crippen molar-refractivity contribution in [3.8, 4) is 17.2 Å². The lowest BCUT2D eigenvalue weighted by atomic mass is 10.1. The van der Waals surface area contributed by atoms with E-state index in [-0.39, 0.29) is 11.7 Å². The summed E-state index contributed by atoms with van der Waals surface area (Å²) in [4.78, 5) is 15.9. The molecule has 1 heterocycles. The molecule has 3 rings (SSSR count). The van der Waals surface area contributed by atoms with Crippen LogP contribution < -0.4 is 19.1 Å². The third-order valence-corrected chi connectivity index (χ3v) is 5.54. The summed E-state index contributed by atoms with van der Waals surface area (Å²) in [6.45, 7) is 3.75. The number of ether oxygens (including phenoxy) is 3. The summed E-state index contributed by atoms with van der Waals surface area (Å²) in [6, 6.07) is 10.3. The van der Waals surface area contributed by atoms with Gasteiger partial charge in [0.2, 0.25) is 5.91 Å². The number of nitrogens with one attached hydrogen (secondary N) is 1. The van der Waals surface area contributed by atoms with Gasteiger partial charge in [-0.2, -0.15) is 0 Å². The zero-order valence-electron chi connectivity index (χ0n) is 17.9. The first-order valence-electron chi connectivity index (χ1n) is 10.2. The van der Waals surface area contributed by atoms with Crippen LogP contribution in [0, 0.1) is 5.82 Å². The predicted octanol–water partition coefficient (Wildman–Crippen LogP) is 1.71. The summed E-state index contributed by atoms with van der Waals surface area (Å²) < 4.78 is 29.5. The van der Waals surface area contributed by atoms with Crippen molar-refractivity contribution in [1.29, 1.82) is 0 Å². The minimum atomic E-state index is -0.256. The van der Waals surface area contributed by atoms with Gasteiger partial charge in [-0.05, 0) is 42.3 Å². The number of piperazine rings is 1. The fraction of sp³-hybridized carbons (Fsp3) is 0.435. The van der Waals surface area contributed by atoms with Gasteiger partial charge < -0.3 is 24.0 Å². The van der Waals surface area contributed by atoms with Gasteiger partial charge in [0.25, 0.3) is 0 Å². The van der Waals surface area contributed by atoms with Crippen molar-refractivity contribution in [2.24, 2.45) is 0 Å². The van der Waals surface area contributed by atoms with Crippen LogP contribution in [0.15, 0.2) is 36.4 Å². The molecule has 2 aromatic rings. The molecule has 0 aromatic heterocycles. The highest BCUT2D eigenvalue weighted by molar-refractivity contribution is 5.76. The first-order chi connectivity index (χ1) is 14.5. The number of aryl methyl sites for hydroxylation is 1. The van der Waals surface area contributed by atoms with Crippen molar-refractivity contribution >= 4 is 5.91 Å². The first-order valence-corrected chi connectivity index (χ1v) is 10.2. The molecule has 1 amide bonds. The van der Waals surface area contributed by atoms with Crippen LogP contribution in [-0.2, 0) is 17.8 Å². The van der Waals surface area contributed by atoms with Gasteiger partial charge >= 0.3 is 0 Å². The molecule has 7 heteroatoms. The van der Waals surface area contributed by atoms with Crippen LogP contribution in [0.2, 0.25) is 0 Å². The van der Waals surface area contributed by atoms with Crippen molar-refractivity contribution < 1.29 is 28.3 Å². The molecule has 6 nitrogen and oxygen atoms in total. The molecule has 0 bridgehead atoms. The minimum Gasteiger partial charge on any atom is -0.497 e. The number of quaternary nitrogens is 1. The van der Waals surface area contributed by atoms with E-state index in [0.717, 1.165) is 35.7 Å². The van der Waals surface area contributed by atoms with Gasteiger partial charge in [0, 0.05) is 12.5 Å². The van der Waals surface area contributed by atoms with Crippen molar-refractivity contribution in [2.75, 3.05) is 47.5 Å². The predicted molar refractivity (Wildman–Crippen MR) is 112 cm³/mol. The molecule has 0 radical (unpaired) electrons. The van der Waals surface area contributed by atoms with E-state index >= 15 is 0 Å². The SMILES string of the molecule is COc1cc(CCC(=O)N2CC[NH+](Cc3cc(F)ccc3OC)CC2)cc(OC)c1. The average Bonchev–Trinajstić information content (AvgIpc) is 2.77. The van der Waals surface area contributed by atoms with Gasteiger partial charge in [-0.3, -0.25) is 4.79 Å². The Morgan fingerprint density at radius 2 is 1.67 bits per heavy atom. The molecule has 1 aliphatic rings. The second-order valence-electron chi connectivity index (χ2n) is 7.48. The second kappa shape index (κ2) is 10.3. The van der Waals surface area contributed by atoms with Gasteiger partial charge in [-0.1, -0.05) is 0 Å². The first kappa shape index (κ1) is 21.9. The Hall–Kier alpha value is -2.80. The number of methoxy groups -OCH3 is 3. The van der Waals surface area contributed by atoms with Crippen LogP contribution in [0.1, 0.15) is 17.5 Å². The third-order valence-electron chi connectivity index (χ3n) is 5.54. The molecule has 0 atom stereocenters. The Labute approximate surface area is 177 Å². The van der Waals surface area contributed by atoms with Crippen molar-refractivity contribution in [3.05, 3.63) is 53.3 Å². The maximum absolute atomic E-state index is 13.6. The Morgan fingerprint density at radius 1 is 1.00 bits per heavy atom. The van der Waals surface area contributed by atoms with E-state index in [4.69, 9.17) is 14.2 Å². The molecular formula is C23H30FN2O4+. The number of amides is 1. The summed E-state index contributed by atoms with van der Waals surface area (Å²) in [6.07, 6.45) is 1.09. The molecule has 162 valence electrons. The van der Waals surface area contributed by atoms with E-state index in [2.05, 4.69) is 0 Å². The van der Waals surface area contributed by atoms with E-state index in [1.807, 2.05) is 23.1 Å². The Balaban J connectivity index is 1.50. The summed E-state index contributed by atoms with van der Waals surface area (Å²) in [5.74, 6) is 2.05. The normalized spacial score (nSPS) is 14.5. The van der Waals surface area contributed by atoms with Crippen LogP contribution in [0.5, 0.6) is 17.2 Å². The molecule has 30 heavy (non-hydrogen) atoms. The van der Waals surface area contributed by atoms with E-state index in [1.165, 1.54) is 17.0 Å². The second-order valence-corrected chi connectivity index (χ2v) is 7.48. The van der Waals surface area contributed by atoms with Gasteiger partial charge in [0.15, 0.2) is 0 Å². The fourth-order valence-corrected chi connectivity index (χ4v) is 3.82. The van der Waals surface area contributed by atoms with Gasteiger partial charge in [-0.15, -0.1) is 0 Å². The van der Waals surface area contributed by atoms with E-state index in [0.29, 0.717) is 38.2 Å². The lowest BCUT2D eigenvalue weighted by molar-refractivity contribution is -0.917. The Morgan fingerprint density at radius 3 is 2.27 bits per heavy atom. The summed E-state index contributed by atoms with van der Waals surface area (Å²) in [5, 5.41) is 0. The van der Waals surface area contributed by atoms with Crippen LogP contribution in [0.3, 0.4) is 0 Å². The fourth-order valence-electron chi connectivity index (χ4n) is 3.82. The van der Waals surface area contributed by atoms with Crippen molar-refractivity contribution in [2.45, 2.75) is 19.4 Å². The number of rotatable bonds is 8. The number of halogens is 1. The quantitative estimate of drug-likeness (QED) is 0.711. The average molecular weight is 418 g/mol. The van der Waals surface area contributed by atoms with Crippen molar-refractivity contribution in [3.63, 3.8) is 0 Å². The summed E-state index contributed by atoms with van der Waals surface area (Å²) in [7, 11) is 4.83. The minimum absolute atomic E-state index is 0.152. The molecule has 1 fully saturated rings. The van der Waals surface area contributed by atoms with Crippen LogP contribution in [-0.4, -0.2) is 58.3 Å². The number of benzene rings is 2. The molecule has 0 saturated carbocycles. The molecule has 0 spiro atoms. The lowest BCUT2D eigenvalue weighted by Gasteiger charge is -2.32. The van der Waals surface area contributed by atoms with Gasteiger partial charge in [0.05, 0.1) is 53.1 Å². The van der Waals surface area contributed by atoms with E-state index < -0.39 is 0 Å². The molecule has 2 aromatic carbocycles. The molecule has 1 saturated heterocycles. The van der Waals surface area contributed by atoms with Crippen LogP contribution in [0.25, 0.3) is 0 Å². The Kier molecular flexibility index (Phi) is 7.52. The zero-order valence-corrected chi connectivity index (χ0v) is 17.9. The maximum Gasteiger partial charge on any atom is 0.223 e. The topological polar surface area (TPSA) is 52.4 Å². The molecule has 1 N–H and O–H groups in total. The molecule has 1 aliphatic heterocycles. The molecular weight excluding hydrogens is 387 g/mol. The smallest absolute Gasteiger partial charge is 0.223 e. The van der Waals surface area contributed by atoms with Crippen molar-refractivity contribution in [1.82, 2.24) is 4.90 Å². The highest BCUT2D eigenvalue weighted by atomic mass is 19.1. The number of hydrogen-bond acceptors (Lipinski definition) is 4. The summed E-state index contributed by atoms with van der Waals surface area (Å²) >= 11 is 0. The van der Waals surface area contributed by atoms with Crippen LogP contribution in [0.4, 0.5) is 4.39 Å². The third kappa shape index (κ3) is 5.63. The highest BCUT2D eigenvalue weighted by Gasteiger charge is 2.24. The van der Waals surface area contributed by atoms with E-state index in [1.54, 1.807) is 27.4 Å².